The number of nitrogens with zero attached hydrogens (tertiary/aromatic N) is 2. The lowest BCUT2D eigenvalue weighted by molar-refractivity contribution is 0.377. The Balaban J connectivity index is 0.000000257. The molecule has 0 atom stereocenters. The molecule has 0 amide bonds. The van der Waals surface area contributed by atoms with Gasteiger partial charge in [-0.2, -0.15) is 0 Å². The minimum absolute atomic E-state index is 0.141. The van der Waals surface area contributed by atoms with Crippen LogP contribution in [0.15, 0.2) is 24.8 Å². The van der Waals surface area contributed by atoms with E-state index in [0.717, 1.165) is 42.3 Å². The van der Waals surface area contributed by atoms with Crippen LogP contribution in [-0.4, -0.2) is 24.2 Å². The molecule has 2 heterocycles. The maximum Gasteiger partial charge on any atom is 0.147 e. The highest BCUT2D eigenvalue weighted by atomic mass is 19.1. The second-order valence-corrected chi connectivity index (χ2v) is 5.95. The molecule has 4 nitrogen and oxygen atoms in total. The van der Waals surface area contributed by atoms with Crippen molar-refractivity contribution < 1.29 is 18.3 Å². The Hall–Kier alpha value is -2.24. The van der Waals surface area contributed by atoms with Gasteiger partial charge in [0.1, 0.15) is 23.1 Å². The van der Waals surface area contributed by atoms with Crippen LogP contribution in [0.2, 0.25) is 0 Å². The molecule has 6 heteroatoms. The summed E-state index contributed by atoms with van der Waals surface area (Å²) >= 11 is 0. The van der Waals surface area contributed by atoms with Crippen LogP contribution in [0.4, 0.5) is 8.78 Å². The van der Waals surface area contributed by atoms with E-state index in [1.807, 2.05) is 6.92 Å². The van der Waals surface area contributed by atoms with Crippen molar-refractivity contribution in [1.29, 1.82) is 0 Å². The lowest BCUT2D eigenvalue weighted by Crippen LogP contribution is -2.01. The van der Waals surface area contributed by atoms with Crippen LogP contribution in [-0.2, 0) is 12.8 Å². The van der Waals surface area contributed by atoms with Crippen molar-refractivity contribution >= 4 is 0 Å². The summed E-state index contributed by atoms with van der Waals surface area (Å²) in [5.74, 6) is 1.08. The fourth-order valence-electron chi connectivity index (χ4n) is 2.34. The molecule has 2 aromatic heterocycles. The monoisotopic (exact) mass is 352 g/mol. The van der Waals surface area contributed by atoms with E-state index in [1.54, 1.807) is 26.6 Å². The Morgan fingerprint density at radius 1 is 0.880 bits per heavy atom. The number of pyridine rings is 2. The number of rotatable bonds is 6. The Kier molecular flexibility index (Phi) is 8.81. The summed E-state index contributed by atoms with van der Waals surface area (Å²) in [5.41, 5.74) is 1.24. The minimum atomic E-state index is -0.549. The van der Waals surface area contributed by atoms with Crippen LogP contribution in [0.5, 0.6) is 11.5 Å². The van der Waals surface area contributed by atoms with Gasteiger partial charge in [0, 0.05) is 11.1 Å². The van der Waals surface area contributed by atoms with Crippen molar-refractivity contribution in [3.63, 3.8) is 0 Å². The van der Waals surface area contributed by atoms with Crippen LogP contribution < -0.4 is 9.47 Å². The summed E-state index contributed by atoms with van der Waals surface area (Å²) in [6.07, 6.45) is 7.62. The standard InChI is InChI=1S/C11H17NO2.C8H9F2N/c1-8(2)5-9-10(13-3)6-12-7-11(9)14-4;1-2-3-6-7(9)4-11-5-8(6)10/h6-8H,5H2,1-4H3;4-5H,2-3H2,1H3. The highest BCUT2D eigenvalue weighted by molar-refractivity contribution is 5.41. The molecule has 2 rings (SSSR count). The smallest absolute Gasteiger partial charge is 0.147 e. The number of hydrogen-bond acceptors (Lipinski definition) is 4. The molecule has 0 radical (unpaired) electrons. The third-order valence-corrected chi connectivity index (χ3v) is 3.48. The lowest BCUT2D eigenvalue weighted by atomic mass is 10.0. The van der Waals surface area contributed by atoms with Gasteiger partial charge in [0.15, 0.2) is 0 Å². The van der Waals surface area contributed by atoms with E-state index < -0.39 is 11.6 Å². The van der Waals surface area contributed by atoms with Gasteiger partial charge in [0.05, 0.1) is 39.0 Å². The predicted octanol–water partition coefficient (Wildman–Crippen LogP) is 4.61. The van der Waals surface area contributed by atoms with E-state index in [-0.39, 0.29) is 5.56 Å². The molecule has 2 aromatic rings. The van der Waals surface area contributed by atoms with Crippen molar-refractivity contribution in [3.8, 4) is 11.5 Å². The van der Waals surface area contributed by atoms with Crippen molar-refractivity contribution in [2.24, 2.45) is 5.92 Å². The van der Waals surface area contributed by atoms with Crippen LogP contribution in [0, 0.1) is 17.6 Å². The van der Waals surface area contributed by atoms with Gasteiger partial charge in [0.25, 0.3) is 0 Å². The lowest BCUT2D eigenvalue weighted by Gasteiger charge is -2.13. The number of methoxy groups -OCH3 is 2. The van der Waals surface area contributed by atoms with Gasteiger partial charge in [-0.1, -0.05) is 27.2 Å². The molecule has 138 valence electrons. The number of aromatic nitrogens is 2. The number of halogens is 2. The van der Waals surface area contributed by atoms with Crippen molar-refractivity contribution in [3.05, 3.63) is 47.5 Å². The molecule has 0 saturated heterocycles. The fraction of sp³-hybridized carbons (Fsp3) is 0.474. The SMILES string of the molecule is CCCc1c(F)cncc1F.COc1cncc(OC)c1CC(C)C. The zero-order chi connectivity index (χ0) is 18.8. The normalized spacial score (nSPS) is 10.2. The zero-order valence-corrected chi connectivity index (χ0v) is 15.5. The Bertz CT molecular complexity index is 621. The van der Waals surface area contributed by atoms with E-state index >= 15 is 0 Å². The highest BCUT2D eigenvalue weighted by Gasteiger charge is 2.11. The van der Waals surface area contributed by atoms with E-state index in [9.17, 15) is 8.78 Å². The largest absolute Gasteiger partial charge is 0.495 e. The molecule has 0 fully saturated rings. The second kappa shape index (κ2) is 10.6. The Labute approximate surface area is 148 Å². The predicted molar refractivity (Wildman–Crippen MR) is 94.0 cm³/mol. The van der Waals surface area contributed by atoms with Crippen LogP contribution in [0.3, 0.4) is 0 Å². The third-order valence-electron chi connectivity index (χ3n) is 3.48. The summed E-state index contributed by atoms with van der Waals surface area (Å²) < 4.78 is 36.0. The molecule has 0 N–H and O–H groups in total. The molecule has 0 unspecified atom stereocenters. The summed E-state index contributed by atoms with van der Waals surface area (Å²) in [4.78, 5) is 7.42. The van der Waals surface area contributed by atoms with Gasteiger partial charge in [-0.15, -0.1) is 0 Å². The first-order chi connectivity index (χ1) is 11.9. The molecule has 0 aliphatic heterocycles. The Morgan fingerprint density at radius 2 is 1.36 bits per heavy atom. The third kappa shape index (κ3) is 6.29. The van der Waals surface area contributed by atoms with E-state index in [4.69, 9.17) is 9.47 Å². The van der Waals surface area contributed by atoms with Gasteiger partial charge >= 0.3 is 0 Å². The summed E-state index contributed by atoms with van der Waals surface area (Å²) in [6, 6.07) is 0. The molecule has 0 aliphatic rings. The first-order valence-corrected chi connectivity index (χ1v) is 8.27. The number of ether oxygens (including phenoxy) is 2. The maximum atomic E-state index is 12.7. The average Bonchev–Trinajstić information content (AvgIpc) is 2.58. The molecule has 0 aromatic carbocycles. The van der Waals surface area contributed by atoms with Gasteiger partial charge in [-0.05, 0) is 18.8 Å². The summed E-state index contributed by atoms with van der Waals surface area (Å²) in [5, 5.41) is 0. The first-order valence-electron chi connectivity index (χ1n) is 8.27. The minimum Gasteiger partial charge on any atom is -0.495 e. The molecule has 0 spiro atoms. The molecular formula is C19H26F2N2O2. The second-order valence-electron chi connectivity index (χ2n) is 5.95. The fourth-order valence-corrected chi connectivity index (χ4v) is 2.34. The van der Waals surface area contributed by atoms with Gasteiger partial charge in [-0.3, -0.25) is 9.97 Å². The molecular weight excluding hydrogens is 326 g/mol. The van der Waals surface area contributed by atoms with E-state index in [2.05, 4.69) is 23.8 Å². The van der Waals surface area contributed by atoms with Crippen molar-refractivity contribution in [2.75, 3.05) is 14.2 Å². The summed E-state index contributed by atoms with van der Waals surface area (Å²) in [6.45, 7) is 6.21. The summed E-state index contributed by atoms with van der Waals surface area (Å²) in [7, 11) is 3.31. The van der Waals surface area contributed by atoms with Crippen LogP contribution >= 0.6 is 0 Å². The Morgan fingerprint density at radius 3 is 1.76 bits per heavy atom. The van der Waals surface area contributed by atoms with Gasteiger partial charge < -0.3 is 9.47 Å². The topological polar surface area (TPSA) is 44.2 Å². The van der Waals surface area contributed by atoms with Gasteiger partial charge in [-0.25, -0.2) is 8.78 Å². The average molecular weight is 352 g/mol. The van der Waals surface area contributed by atoms with Crippen LogP contribution in [0.25, 0.3) is 0 Å². The quantitative estimate of drug-likeness (QED) is 0.761. The van der Waals surface area contributed by atoms with E-state index in [1.165, 1.54) is 0 Å². The van der Waals surface area contributed by atoms with Crippen LogP contribution in [0.1, 0.15) is 38.3 Å². The highest BCUT2D eigenvalue weighted by Crippen LogP contribution is 2.29. The molecule has 0 saturated carbocycles. The number of hydrogen-bond donors (Lipinski definition) is 0. The zero-order valence-electron chi connectivity index (χ0n) is 15.5. The maximum absolute atomic E-state index is 12.7. The van der Waals surface area contributed by atoms with Gasteiger partial charge in [0.2, 0.25) is 0 Å². The molecule has 0 bridgehead atoms. The molecule has 25 heavy (non-hydrogen) atoms. The van der Waals surface area contributed by atoms with Crippen molar-refractivity contribution in [1.82, 2.24) is 9.97 Å². The van der Waals surface area contributed by atoms with Crippen molar-refractivity contribution in [2.45, 2.75) is 40.0 Å². The van der Waals surface area contributed by atoms with E-state index in [0.29, 0.717) is 12.3 Å². The first kappa shape index (κ1) is 20.8. The molecule has 0 aliphatic carbocycles.